The normalized spacial score (nSPS) is 25.6. The van der Waals surface area contributed by atoms with Crippen LogP contribution in [0, 0.1) is 5.92 Å². The molecule has 0 spiro atoms. The molecule has 2 atom stereocenters. The fraction of sp³-hybridized carbons (Fsp3) is 0.571. The Labute approximate surface area is 103 Å². The highest BCUT2D eigenvalue weighted by molar-refractivity contribution is 7.99. The minimum absolute atomic E-state index is 0.936. The lowest BCUT2D eigenvalue weighted by molar-refractivity contribution is -0.906. The molecule has 1 aromatic carbocycles. The van der Waals surface area contributed by atoms with E-state index in [0.717, 1.165) is 5.92 Å². The molecule has 1 saturated heterocycles. The van der Waals surface area contributed by atoms with Crippen molar-refractivity contribution in [2.75, 3.05) is 25.4 Å². The Morgan fingerprint density at radius 2 is 2.12 bits per heavy atom. The van der Waals surface area contributed by atoms with E-state index in [2.05, 4.69) is 37.3 Å². The molecule has 0 amide bonds. The van der Waals surface area contributed by atoms with Crippen molar-refractivity contribution < 1.29 is 4.90 Å². The van der Waals surface area contributed by atoms with Gasteiger partial charge in [0.2, 0.25) is 0 Å². The third kappa shape index (κ3) is 3.84. The smallest absolute Gasteiger partial charge is 0.0866 e. The second-order valence-electron chi connectivity index (χ2n) is 4.86. The van der Waals surface area contributed by atoms with Gasteiger partial charge < -0.3 is 4.90 Å². The molecule has 2 heteroatoms. The molecule has 1 heterocycles. The van der Waals surface area contributed by atoms with Crippen LogP contribution in [0.25, 0.3) is 0 Å². The molecule has 1 fully saturated rings. The Morgan fingerprint density at radius 3 is 2.88 bits per heavy atom. The minimum Gasteiger partial charge on any atom is -0.334 e. The molecule has 2 rings (SSSR count). The van der Waals surface area contributed by atoms with Crippen molar-refractivity contribution >= 4 is 11.8 Å². The van der Waals surface area contributed by atoms with E-state index in [1.807, 2.05) is 16.7 Å². The first kappa shape index (κ1) is 12.0. The van der Waals surface area contributed by atoms with Gasteiger partial charge in [-0.2, -0.15) is 0 Å². The number of thioether (sulfide) groups is 1. The van der Waals surface area contributed by atoms with Gasteiger partial charge in [0, 0.05) is 16.6 Å². The molecule has 16 heavy (non-hydrogen) atoms. The van der Waals surface area contributed by atoms with Crippen LogP contribution < -0.4 is 4.90 Å². The van der Waals surface area contributed by atoms with Crippen LogP contribution in [-0.4, -0.2) is 25.4 Å². The monoisotopic (exact) mass is 236 g/mol. The van der Waals surface area contributed by atoms with Gasteiger partial charge >= 0.3 is 0 Å². The van der Waals surface area contributed by atoms with Gasteiger partial charge in [-0.25, -0.2) is 0 Å². The predicted molar refractivity (Wildman–Crippen MR) is 71.1 cm³/mol. The number of piperidine rings is 1. The highest BCUT2D eigenvalue weighted by atomic mass is 32.2. The summed E-state index contributed by atoms with van der Waals surface area (Å²) < 4.78 is 0. The average Bonchev–Trinajstić information content (AvgIpc) is 2.30. The molecule has 0 aromatic heterocycles. The van der Waals surface area contributed by atoms with Gasteiger partial charge in [0.15, 0.2) is 0 Å². The Bertz CT molecular complexity index is 299. The average molecular weight is 236 g/mol. The topological polar surface area (TPSA) is 4.44 Å². The van der Waals surface area contributed by atoms with E-state index in [1.165, 1.54) is 43.1 Å². The van der Waals surface area contributed by atoms with E-state index in [1.54, 1.807) is 0 Å². The molecule has 88 valence electrons. The summed E-state index contributed by atoms with van der Waals surface area (Å²) in [5.74, 6) is 2.19. The number of nitrogens with one attached hydrogen (secondary N) is 1. The molecule has 0 bridgehead atoms. The third-order valence-corrected chi connectivity index (χ3v) is 4.35. The summed E-state index contributed by atoms with van der Waals surface area (Å²) >= 11 is 1.99. The van der Waals surface area contributed by atoms with Crippen LogP contribution in [0.15, 0.2) is 35.2 Å². The number of rotatable bonds is 4. The van der Waals surface area contributed by atoms with Crippen molar-refractivity contribution in [3.63, 3.8) is 0 Å². The highest BCUT2D eigenvalue weighted by Gasteiger charge is 2.18. The van der Waals surface area contributed by atoms with Gasteiger partial charge in [0.05, 0.1) is 19.6 Å². The third-order valence-electron chi connectivity index (χ3n) is 3.33. The lowest BCUT2D eigenvalue weighted by Crippen LogP contribution is -3.13. The van der Waals surface area contributed by atoms with Crippen LogP contribution >= 0.6 is 11.8 Å². The number of benzene rings is 1. The van der Waals surface area contributed by atoms with Crippen LogP contribution in [-0.2, 0) is 0 Å². The Balaban J connectivity index is 1.68. The van der Waals surface area contributed by atoms with Gasteiger partial charge in [0.25, 0.3) is 0 Å². The maximum Gasteiger partial charge on any atom is 0.0866 e. The summed E-state index contributed by atoms with van der Waals surface area (Å²) in [6, 6.07) is 10.7. The minimum atomic E-state index is 0.936. The van der Waals surface area contributed by atoms with Crippen LogP contribution in [0.2, 0.25) is 0 Å². The summed E-state index contributed by atoms with van der Waals surface area (Å²) in [7, 11) is 0. The first-order chi connectivity index (χ1) is 7.84. The Hall–Kier alpha value is -0.470. The molecule has 0 aliphatic carbocycles. The molecule has 1 unspecified atom stereocenters. The largest absolute Gasteiger partial charge is 0.334 e. The van der Waals surface area contributed by atoms with Crippen molar-refractivity contribution in [1.82, 2.24) is 0 Å². The van der Waals surface area contributed by atoms with Crippen molar-refractivity contribution in [3.05, 3.63) is 30.3 Å². The molecule has 1 N–H and O–H groups in total. The van der Waals surface area contributed by atoms with Gasteiger partial charge in [-0.3, -0.25) is 0 Å². The van der Waals surface area contributed by atoms with Crippen molar-refractivity contribution in [3.8, 4) is 0 Å². The summed E-state index contributed by atoms with van der Waals surface area (Å²) in [6.07, 6.45) is 2.86. The van der Waals surface area contributed by atoms with Gasteiger partial charge in [-0.05, 0) is 25.0 Å². The van der Waals surface area contributed by atoms with E-state index in [-0.39, 0.29) is 0 Å². The van der Waals surface area contributed by atoms with Crippen molar-refractivity contribution in [2.45, 2.75) is 24.7 Å². The number of likely N-dealkylation sites (tertiary alicyclic amines) is 1. The fourth-order valence-corrected chi connectivity index (χ4v) is 3.43. The van der Waals surface area contributed by atoms with E-state index in [4.69, 9.17) is 0 Å². The first-order valence-corrected chi connectivity index (χ1v) is 7.34. The number of hydrogen-bond donors (Lipinski definition) is 1. The van der Waals surface area contributed by atoms with Crippen LogP contribution in [0.5, 0.6) is 0 Å². The van der Waals surface area contributed by atoms with Gasteiger partial charge in [0.1, 0.15) is 0 Å². The zero-order valence-electron chi connectivity index (χ0n) is 10.1. The van der Waals surface area contributed by atoms with E-state index in [9.17, 15) is 0 Å². The van der Waals surface area contributed by atoms with Gasteiger partial charge in [-0.1, -0.05) is 25.1 Å². The second kappa shape index (κ2) is 6.31. The second-order valence-corrected chi connectivity index (χ2v) is 6.03. The van der Waals surface area contributed by atoms with E-state index < -0.39 is 0 Å². The van der Waals surface area contributed by atoms with Crippen LogP contribution in [0.3, 0.4) is 0 Å². The maximum atomic E-state index is 2.39. The lowest BCUT2D eigenvalue weighted by Gasteiger charge is -2.27. The Kier molecular flexibility index (Phi) is 4.73. The van der Waals surface area contributed by atoms with Crippen LogP contribution in [0.1, 0.15) is 19.8 Å². The molecule has 1 aliphatic rings. The molecule has 1 aromatic rings. The van der Waals surface area contributed by atoms with E-state index >= 15 is 0 Å². The van der Waals surface area contributed by atoms with Crippen molar-refractivity contribution in [2.24, 2.45) is 5.92 Å². The van der Waals surface area contributed by atoms with E-state index in [0.29, 0.717) is 0 Å². The molecular weight excluding hydrogens is 214 g/mol. The van der Waals surface area contributed by atoms with Crippen LogP contribution in [0.4, 0.5) is 0 Å². The molecule has 1 aliphatic heterocycles. The SMILES string of the molecule is C[C@@H]1CCC[NH+](CCSc2ccccc2)C1. The summed E-state index contributed by atoms with van der Waals surface area (Å²) in [4.78, 5) is 3.22. The molecule has 0 saturated carbocycles. The maximum absolute atomic E-state index is 2.39. The molecule has 0 radical (unpaired) electrons. The highest BCUT2D eigenvalue weighted by Crippen LogP contribution is 2.15. The quantitative estimate of drug-likeness (QED) is 0.784. The number of quaternary nitrogens is 1. The zero-order valence-corrected chi connectivity index (χ0v) is 10.9. The van der Waals surface area contributed by atoms with Crippen molar-refractivity contribution in [1.29, 1.82) is 0 Å². The number of hydrogen-bond acceptors (Lipinski definition) is 1. The lowest BCUT2D eigenvalue weighted by atomic mass is 10.0. The zero-order chi connectivity index (χ0) is 11.2. The Morgan fingerprint density at radius 1 is 1.31 bits per heavy atom. The summed E-state index contributed by atoms with van der Waals surface area (Å²) in [5, 5.41) is 0. The summed E-state index contributed by atoms with van der Waals surface area (Å²) in [5.41, 5.74) is 0. The standard InChI is InChI=1S/C14H21NS/c1-13-6-5-9-15(12-13)10-11-16-14-7-3-2-4-8-14/h2-4,7-8,13H,5-6,9-12H2,1H3/p+1/t13-/m1/s1. The molecular formula is C14H22NS+. The predicted octanol–water partition coefficient (Wildman–Crippen LogP) is 2.09. The molecule has 1 nitrogen and oxygen atoms in total. The summed E-state index contributed by atoms with van der Waals surface area (Å²) in [6.45, 7) is 6.49. The van der Waals surface area contributed by atoms with Gasteiger partial charge in [-0.15, -0.1) is 11.8 Å². The first-order valence-electron chi connectivity index (χ1n) is 6.36. The fourth-order valence-electron chi connectivity index (χ4n) is 2.45.